The van der Waals surface area contributed by atoms with Gasteiger partial charge in [-0.3, -0.25) is 15.6 Å². The van der Waals surface area contributed by atoms with Crippen molar-refractivity contribution >= 4 is 17.9 Å². The third kappa shape index (κ3) is 6.63. The Morgan fingerprint density at radius 3 is 2.57 bits per heavy atom. The Morgan fingerprint density at radius 2 is 1.89 bits per heavy atom. The molecule has 0 bridgehead atoms. The summed E-state index contributed by atoms with van der Waals surface area (Å²) in [6, 6.07) is 4.65. The van der Waals surface area contributed by atoms with Gasteiger partial charge in [0.05, 0.1) is 7.11 Å². The van der Waals surface area contributed by atoms with Crippen molar-refractivity contribution in [3.05, 3.63) is 42.1 Å². The smallest absolute Gasteiger partial charge is 0.387 e. The first-order chi connectivity index (χ1) is 13.4. The Labute approximate surface area is 156 Å². The largest absolute Gasteiger partial charge is 0.481 e. The van der Waals surface area contributed by atoms with Crippen molar-refractivity contribution in [2.24, 2.45) is 0 Å². The molecule has 0 radical (unpaired) electrons. The van der Waals surface area contributed by atoms with E-state index < -0.39 is 24.9 Å². The van der Waals surface area contributed by atoms with Crippen molar-refractivity contribution in [2.45, 2.75) is 13.2 Å². The molecule has 0 aliphatic heterocycles. The summed E-state index contributed by atoms with van der Waals surface area (Å²) in [5.41, 5.74) is 4.71. The van der Waals surface area contributed by atoms with E-state index in [0.717, 1.165) is 24.3 Å². The molecule has 0 spiro atoms. The van der Waals surface area contributed by atoms with Gasteiger partial charge in [0.2, 0.25) is 11.8 Å². The fourth-order valence-electron chi connectivity index (χ4n) is 1.87. The molecule has 0 aliphatic rings. The van der Waals surface area contributed by atoms with Crippen LogP contribution in [0.25, 0.3) is 6.08 Å². The van der Waals surface area contributed by atoms with E-state index in [-0.39, 0.29) is 23.1 Å². The van der Waals surface area contributed by atoms with Gasteiger partial charge in [0.1, 0.15) is 11.5 Å². The van der Waals surface area contributed by atoms with Gasteiger partial charge in [-0.25, -0.2) is 4.98 Å². The van der Waals surface area contributed by atoms with Gasteiger partial charge in [-0.2, -0.15) is 22.5 Å². The molecule has 8 nitrogen and oxygen atoms in total. The van der Waals surface area contributed by atoms with Crippen LogP contribution in [-0.4, -0.2) is 36.2 Å². The third-order valence-corrected chi connectivity index (χ3v) is 2.98. The summed E-state index contributed by atoms with van der Waals surface area (Å²) in [5, 5.41) is 0. The SMILES string of the molecule is COc1ccnc(NNC(=O)/C=C/c2ccc(OC(F)F)cc2OC(F)F)n1. The van der Waals surface area contributed by atoms with Crippen molar-refractivity contribution in [3.63, 3.8) is 0 Å². The normalized spacial score (nSPS) is 11.0. The molecular weight excluding hydrogens is 388 g/mol. The Hall–Kier alpha value is -3.57. The van der Waals surface area contributed by atoms with Gasteiger partial charge in [0.25, 0.3) is 5.91 Å². The molecule has 0 fully saturated rings. The van der Waals surface area contributed by atoms with E-state index in [2.05, 4.69) is 30.3 Å². The maximum atomic E-state index is 12.5. The molecule has 0 saturated carbocycles. The molecule has 1 amide bonds. The minimum absolute atomic E-state index is 0.0368. The number of benzene rings is 1. The number of hydrazine groups is 1. The number of alkyl halides is 4. The highest BCUT2D eigenvalue weighted by molar-refractivity contribution is 5.92. The number of hydrogen-bond donors (Lipinski definition) is 2. The fourth-order valence-corrected chi connectivity index (χ4v) is 1.87. The number of aromatic nitrogens is 2. The van der Waals surface area contributed by atoms with Crippen molar-refractivity contribution in [1.82, 2.24) is 15.4 Å². The molecule has 0 aliphatic carbocycles. The van der Waals surface area contributed by atoms with E-state index in [4.69, 9.17) is 4.74 Å². The number of carbonyl (C=O) groups is 1. The minimum Gasteiger partial charge on any atom is -0.481 e. The lowest BCUT2D eigenvalue weighted by atomic mass is 10.1. The number of hydrogen-bond acceptors (Lipinski definition) is 7. The Bertz CT molecular complexity index is 836. The van der Waals surface area contributed by atoms with Crippen LogP contribution < -0.4 is 25.1 Å². The fraction of sp³-hybridized carbons (Fsp3) is 0.188. The average molecular weight is 402 g/mol. The number of nitrogens with one attached hydrogen (secondary N) is 2. The van der Waals surface area contributed by atoms with Crippen LogP contribution in [0.5, 0.6) is 17.4 Å². The molecule has 2 aromatic rings. The van der Waals surface area contributed by atoms with E-state index >= 15 is 0 Å². The Balaban J connectivity index is 2.05. The summed E-state index contributed by atoms with van der Waals surface area (Å²) in [5.74, 6) is -1.17. The molecule has 0 saturated heterocycles. The van der Waals surface area contributed by atoms with Gasteiger partial charge in [-0.15, -0.1) is 0 Å². The first kappa shape index (κ1) is 20.7. The number of carbonyl (C=O) groups excluding carboxylic acids is 1. The summed E-state index contributed by atoms with van der Waals surface area (Å²) in [6.07, 6.45) is 3.54. The monoisotopic (exact) mass is 402 g/mol. The van der Waals surface area contributed by atoms with Gasteiger partial charge in [0.15, 0.2) is 0 Å². The summed E-state index contributed by atoms with van der Waals surface area (Å²) >= 11 is 0. The second kappa shape index (κ2) is 9.94. The topological polar surface area (TPSA) is 94.6 Å². The lowest BCUT2D eigenvalue weighted by Gasteiger charge is -2.11. The number of amides is 1. The highest BCUT2D eigenvalue weighted by atomic mass is 19.3. The standard InChI is InChI=1S/C16H14F4N4O4/c1-26-13-6-7-21-16(22-13)24-23-12(25)5-3-9-2-4-10(27-14(17)18)8-11(9)28-15(19)20/h2-8,14-15H,1H3,(H,23,25)(H,21,22,24)/b5-3+. The highest BCUT2D eigenvalue weighted by Crippen LogP contribution is 2.28. The second-order valence-electron chi connectivity index (χ2n) is 4.83. The lowest BCUT2D eigenvalue weighted by molar-refractivity contribution is -0.116. The van der Waals surface area contributed by atoms with E-state index in [1.807, 2.05) is 0 Å². The van der Waals surface area contributed by atoms with Crippen LogP contribution in [0.2, 0.25) is 0 Å². The number of anilines is 1. The maximum absolute atomic E-state index is 12.5. The van der Waals surface area contributed by atoms with Crippen LogP contribution in [-0.2, 0) is 4.79 Å². The van der Waals surface area contributed by atoms with Crippen LogP contribution in [0, 0.1) is 0 Å². The summed E-state index contributed by atoms with van der Waals surface area (Å²) < 4.78 is 62.8. The van der Waals surface area contributed by atoms with Crippen molar-refractivity contribution in [3.8, 4) is 17.4 Å². The molecule has 1 aromatic heterocycles. The molecule has 0 unspecified atom stereocenters. The molecule has 2 rings (SSSR count). The molecule has 150 valence electrons. The predicted octanol–water partition coefficient (Wildman–Crippen LogP) is 2.84. The third-order valence-electron chi connectivity index (χ3n) is 2.98. The molecule has 0 atom stereocenters. The second-order valence-corrected chi connectivity index (χ2v) is 4.83. The molecule has 12 heteroatoms. The van der Waals surface area contributed by atoms with Crippen molar-refractivity contribution in [2.75, 3.05) is 12.5 Å². The van der Waals surface area contributed by atoms with Gasteiger partial charge in [-0.05, 0) is 18.2 Å². The van der Waals surface area contributed by atoms with E-state index in [0.29, 0.717) is 0 Å². The zero-order chi connectivity index (χ0) is 20.5. The Morgan fingerprint density at radius 1 is 1.14 bits per heavy atom. The summed E-state index contributed by atoms with van der Waals surface area (Å²) in [4.78, 5) is 19.6. The van der Waals surface area contributed by atoms with Crippen molar-refractivity contribution < 1.29 is 36.6 Å². The molecule has 2 N–H and O–H groups in total. The maximum Gasteiger partial charge on any atom is 0.387 e. The lowest BCUT2D eigenvalue weighted by Crippen LogP contribution is -2.28. The highest BCUT2D eigenvalue weighted by Gasteiger charge is 2.12. The molecule has 1 heterocycles. The first-order valence-corrected chi connectivity index (χ1v) is 7.52. The number of rotatable bonds is 9. The van der Waals surface area contributed by atoms with Crippen LogP contribution >= 0.6 is 0 Å². The van der Waals surface area contributed by atoms with Crippen LogP contribution in [0.1, 0.15) is 5.56 Å². The summed E-state index contributed by atoms with van der Waals surface area (Å²) in [6.45, 7) is -6.33. The van der Waals surface area contributed by atoms with Crippen LogP contribution in [0.3, 0.4) is 0 Å². The zero-order valence-electron chi connectivity index (χ0n) is 14.2. The minimum atomic E-state index is -3.20. The van der Waals surface area contributed by atoms with Crippen LogP contribution in [0.4, 0.5) is 23.5 Å². The molecular formula is C16H14F4N4O4. The molecule has 1 aromatic carbocycles. The van der Waals surface area contributed by atoms with Gasteiger partial charge in [0, 0.05) is 30.0 Å². The first-order valence-electron chi connectivity index (χ1n) is 7.52. The van der Waals surface area contributed by atoms with Gasteiger partial charge >= 0.3 is 13.2 Å². The van der Waals surface area contributed by atoms with E-state index in [1.54, 1.807) is 0 Å². The quantitative estimate of drug-likeness (QED) is 0.378. The number of halogens is 4. The van der Waals surface area contributed by atoms with Crippen LogP contribution in [0.15, 0.2) is 36.5 Å². The average Bonchev–Trinajstić information content (AvgIpc) is 2.65. The molecule has 28 heavy (non-hydrogen) atoms. The predicted molar refractivity (Wildman–Crippen MR) is 89.1 cm³/mol. The van der Waals surface area contributed by atoms with Crippen molar-refractivity contribution in [1.29, 1.82) is 0 Å². The zero-order valence-corrected chi connectivity index (χ0v) is 14.2. The number of nitrogens with zero attached hydrogens (tertiary/aromatic N) is 2. The summed E-state index contributed by atoms with van der Waals surface area (Å²) in [7, 11) is 1.41. The number of ether oxygens (including phenoxy) is 3. The van der Waals surface area contributed by atoms with E-state index in [1.165, 1.54) is 25.4 Å². The number of methoxy groups -OCH3 is 1. The van der Waals surface area contributed by atoms with Gasteiger partial charge < -0.3 is 14.2 Å². The van der Waals surface area contributed by atoms with E-state index in [9.17, 15) is 22.4 Å². The van der Waals surface area contributed by atoms with Gasteiger partial charge in [-0.1, -0.05) is 0 Å². The Kier molecular flexibility index (Phi) is 7.37.